The zero-order chi connectivity index (χ0) is 83.4. The Morgan fingerprint density at radius 3 is 1.50 bits per heavy atom. The van der Waals surface area contributed by atoms with Gasteiger partial charge in [-0.1, -0.05) is 120 Å². The second-order valence-electron chi connectivity index (χ2n) is 31.3. The van der Waals surface area contributed by atoms with Crippen LogP contribution in [-0.2, 0) is 114 Å². The number of hydrogen-bond donors (Lipinski definition) is 12. The van der Waals surface area contributed by atoms with Gasteiger partial charge in [-0.3, -0.25) is 28.8 Å². The molecule has 0 aliphatic carbocycles. The number of esters is 6. The number of aliphatic hydroxyl groups is 12. The van der Waals surface area contributed by atoms with Crippen LogP contribution in [0.2, 0.25) is 0 Å². The van der Waals surface area contributed by atoms with Crippen molar-refractivity contribution in [2.24, 2.45) is 29.6 Å². The summed E-state index contributed by atoms with van der Waals surface area (Å²) in [5.74, 6) is -10.4. The Hall–Kier alpha value is -4.14. The van der Waals surface area contributed by atoms with E-state index >= 15 is 0 Å². The summed E-state index contributed by atoms with van der Waals surface area (Å²) >= 11 is 0. The summed E-state index contributed by atoms with van der Waals surface area (Å²) in [5, 5.41) is 141. The first-order valence-electron chi connectivity index (χ1n) is 40.7. The highest BCUT2D eigenvalue weighted by Crippen LogP contribution is 2.42. The highest BCUT2D eigenvalue weighted by molar-refractivity contribution is 5.74. The van der Waals surface area contributed by atoms with E-state index in [0.29, 0.717) is 51.4 Å². The molecular formula is C77H130O36. The highest BCUT2D eigenvalue weighted by atomic mass is 16.8. The fourth-order valence-electron chi connectivity index (χ4n) is 14.0. The minimum absolute atomic E-state index is 0.149. The third-order valence-corrected chi connectivity index (χ3v) is 22.7. The minimum Gasteiger partial charge on any atom is -0.456 e. The van der Waals surface area contributed by atoms with Gasteiger partial charge in [0.15, 0.2) is 74.4 Å². The summed E-state index contributed by atoms with van der Waals surface area (Å²) in [6.07, 6.45) is -51.8. The maximum absolute atomic E-state index is 14.7. The monoisotopic (exact) mass is 1630 g/mol. The molecule has 0 aromatic rings. The third kappa shape index (κ3) is 25.0. The molecule has 0 saturated carbocycles. The number of hydrogen-bond acceptors (Lipinski definition) is 36. The summed E-state index contributed by atoms with van der Waals surface area (Å²) in [4.78, 5) is 84.4. The van der Waals surface area contributed by atoms with E-state index in [4.69, 9.17) is 85.3 Å². The summed E-state index contributed by atoms with van der Waals surface area (Å²) in [6.45, 7) is 16.3. The summed E-state index contributed by atoms with van der Waals surface area (Å²) in [6, 6.07) is 0. The number of aliphatic hydroxyl groups excluding tert-OH is 12. The van der Waals surface area contributed by atoms with Gasteiger partial charge in [0, 0.05) is 6.42 Å². The number of carbonyl (C=O) groups excluding carboxylic acids is 6. The maximum Gasteiger partial charge on any atom is 0.311 e. The van der Waals surface area contributed by atoms with Gasteiger partial charge < -0.3 is 147 Å². The molecule has 12 N–H and O–H groups in total. The summed E-state index contributed by atoms with van der Waals surface area (Å²) in [7, 11) is 0. The average molecular weight is 1630 g/mol. The van der Waals surface area contributed by atoms with Gasteiger partial charge in [0.1, 0.15) is 97.7 Å². The van der Waals surface area contributed by atoms with Crippen LogP contribution in [0.15, 0.2) is 0 Å². The van der Waals surface area contributed by atoms with Gasteiger partial charge >= 0.3 is 35.8 Å². The number of carbonyl (C=O) groups is 6. The normalized spacial score (nSPS) is 40.5. The molecule has 7 heterocycles. The number of ether oxygens (including phenoxy) is 18. The molecule has 0 aromatic heterocycles. The zero-order valence-electron chi connectivity index (χ0n) is 67.4. The first-order chi connectivity index (χ1) is 53.7. The van der Waals surface area contributed by atoms with Gasteiger partial charge in [-0.2, -0.15) is 0 Å². The molecule has 7 aliphatic heterocycles. The van der Waals surface area contributed by atoms with Crippen molar-refractivity contribution >= 4 is 35.8 Å². The third-order valence-electron chi connectivity index (χ3n) is 22.7. The first kappa shape index (κ1) is 96.0. The lowest BCUT2D eigenvalue weighted by molar-refractivity contribution is -0.414. The Bertz CT molecular complexity index is 2880. The predicted molar refractivity (Wildman–Crippen MR) is 387 cm³/mol. The van der Waals surface area contributed by atoms with Gasteiger partial charge in [-0.15, -0.1) is 0 Å². The van der Waals surface area contributed by atoms with Crippen LogP contribution in [0.1, 0.15) is 199 Å². The standard InChI is InChI=1S/C77H130O36/c1-14-19-25-28-43-29-26-23-21-20-22-24-27-30-48(82)104-62-53(87)50(84)44(31-78)100-74(62)96-34-47-59(107-69(93)37(8)17-4)61(108-70(94)38(9)18-5)56(90)73(103-47)110-60-51(85)45(32-79)101-77(111-63-52(86)49(83)41(12)97-75(63)99-43)65(60)113-76-66(109-71(95)39(10)40(11)81)64(57(42(13)98-76)105-67(91)35(6)15-2)112-72-55(89)54(88)58(46(33-80)102-72)106-68(92)36(7)16-3/h35-47,49-66,72-81,83-90H,14-34H2,1-13H3/t35-,36-,37-,38-,39-,40-,41+,42-,43+,44+,45+,46+,47+,49+,50+,51+,52-,53-,54+,55+,56+,57-,58+,59+,60-,61+,62+,63+,64+,65+,66+,72-,73-,74+,75-,76-,77-/m0/s1. The van der Waals surface area contributed by atoms with Crippen molar-refractivity contribution in [3.8, 4) is 0 Å². The van der Waals surface area contributed by atoms with Crippen molar-refractivity contribution in [3.05, 3.63) is 0 Å². The van der Waals surface area contributed by atoms with Crippen molar-refractivity contribution in [2.75, 3.05) is 26.4 Å². The molecule has 7 saturated heterocycles. The number of unbranched alkanes of at least 4 members (excludes halogenated alkanes) is 2. The quantitative estimate of drug-likeness (QED) is 0.0326. The Morgan fingerprint density at radius 1 is 0.416 bits per heavy atom. The average Bonchev–Trinajstić information content (AvgIpc) is 0.759. The fourth-order valence-corrected chi connectivity index (χ4v) is 14.0. The zero-order valence-corrected chi connectivity index (χ0v) is 67.4. The van der Waals surface area contributed by atoms with Crippen LogP contribution in [0.3, 0.4) is 0 Å². The maximum atomic E-state index is 14.7. The molecule has 37 atom stereocenters. The Labute approximate surface area is 660 Å². The first-order valence-corrected chi connectivity index (χ1v) is 40.7. The molecule has 0 unspecified atom stereocenters. The Morgan fingerprint density at radius 2 is 0.929 bits per heavy atom. The Balaban J connectivity index is 1.47. The molecule has 7 rings (SSSR count). The lowest BCUT2D eigenvalue weighted by Gasteiger charge is -2.52. The van der Waals surface area contributed by atoms with Crippen LogP contribution in [0.25, 0.3) is 0 Å². The lowest BCUT2D eigenvalue weighted by Crippen LogP contribution is -2.70. The number of fused-ring (bicyclic) bond motifs is 6. The van der Waals surface area contributed by atoms with Gasteiger partial charge in [-0.05, 0) is 72.6 Å². The van der Waals surface area contributed by atoms with Gasteiger partial charge in [0.25, 0.3) is 0 Å². The summed E-state index contributed by atoms with van der Waals surface area (Å²) < 4.78 is 115. The second kappa shape index (κ2) is 45.9. The molecule has 36 nitrogen and oxygen atoms in total. The Kier molecular flexibility index (Phi) is 39.0. The molecule has 36 heteroatoms. The van der Waals surface area contributed by atoms with E-state index in [1.54, 1.807) is 34.6 Å². The SMILES string of the molecule is CCCCC[C@@H]1CCCCCCCCCC(=O)O[C@H]2[C@H](OC[C@H]3O[C@@H](O[C@H]4[C@H](O)[C@@H](CO)O[C@@H](O[C@H]5[C@H](O1)O[C@H](C)[C@@H](O)[C@@H]5O)[C@@H]4O[C@@H]1O[C@@H](C)[C@H](OC(=O)[C@@H](C)CC)[C@@H](O[C@@H]4O[C@H](CO)[C@@H](OC(=O)[C@@H](C)CC)[C@H](O)[C@H]4O)[C@H]1OC(=O)[C@@H](C)[C@H](C)O)[C@H](O)[C@@H](OC(=O)[C@@H](C)CC)[C@@H]3OC(=O)[C@@H](C)CC)O[C@H](CO)[C@@H](O)[C@@H]2O. The topological polar surface area (TPSA) is 511 Å². The van der Waals surface area contributed by atoms with Gasteiger partial charge in [-0.25, -0.2) is 0 Å². The molecular weight excluding hydrogens is 1500 g/mol. The molecule has 654 valence electrons. The van der Waals surface area contributed by atoms with E-state index in [2.05, 4.69) is 0 Å². The largest absolute Gasteiger partial charge is 0.456 e. The fraction of sp³-hybridized carbons (Fsp3) is 0.922. The van der Waals surface area contributed by atoms with Crippen molar-refractivity contribution in [3.63, 3.8) is 0 Å². The van der Waals surface area contributed by atoms with E-state index < -0.39 is 288 Å². The van der Waals surface area contributed by atoms with E-state index in [0.717, 1.165) is 32.1 Å². The molecule has 0 amide bonds. The van der Waals surface area contributed by atoms with Crippen LogP contribution in [0, 0.1) is 29.6 Å². The van der Waals surface area contributed by atoms with Crippen LogP contribution in [-0.4, -0.2) is 320 Å². The molecule has 0 spiro atoms. The van der Waals surface area contributed by atoms with Crippen LogP contribution < -0.4 is 0 Å². The van der Waals surface area contributed by atoms with E-state index in [1.807, 2.05) is 6.92 Å². The van der Waals surface area contributed by atoms with E-state index in [9.17, 15) is 90.0 Å². The van der Waals surface area contributed by atoms with Crippen molar-refractivity contribution < 1.29 is 175 Å². The van der Waals surface area contributed by atoms with Crippen LogP contribution >= 0.6 is 0 Å². The van der Waals surface area contributed by atoms with Gasteiger partial charge in [0.05, 0.1) is 80.4 Å². The van der Waals surface area contributed by atoms with E-state index in [-0.39, 0.29) is 25.7 Å². The van der Waals surface area contributed by atoms with Gasteiger partial charge in [0.2, 0.25) is 0 Å². The molecule has 7 aliphatic rings. The minimum atomic E-state index is -2.34. The molecule has 113 heavy (non-hydrogen) atoms. The van der Waals surface area contributed by atoms with Crippen LogP contribution in [0.5, 0.6) is 0 Å². The second-order valence-corrected chi connectivity index (χ2v) is 31.3. The van der Waals surface area contributed by atoms with Crippen molar-refractivity contribution in [1.82, 2.24) is 0 Å². The summed E-state index contributed by atoms with van der Waals surface area (Å²) in [5.41, 5.74) is 0. The number of rotatable bonds is 26. The molecule has 7 fully saturated rings. The predicted octanol–water partition coefficient (Wildman–Crippen LogP) is 0.959. The molecule has 4 bridgehead atoms. The molecule has 0 radical (unpaired) electrons. The highest BCUT2D eigenvalue weighted by Gasteiger charge is 2.61. The molecule has 0 aromatic carbocycles. The lowest BCUT2D eigenvalue weighted by atomic mass is 9.94. The van der Waals surface area contributed by atoms with E-state index in [1.165, 1.54) is 48.5 Å². The smallest absolute Gasteiger partial charge is 0.311 e. The van der Waals surface area contributed by atoms with Crippen LogP contribution in [0.4, 0.5) is 0 Å². The van der Waals surface area contributed by atoms with Crippen molar-refractivity contribution in [2.45, 2.75) is 396 Å². The van der Waals surface area contributed by atoms with Crippen molar-refractivity contribution in [1.29, 1.82) is 0 Å².